The Balaban J connectivity index is 1.84. The quantitative estimate of drug-likeness (QED) is 0.234. The highest BCUT2D eigenvalue weighted by Crippen LogP contribution is 2.38. The van der Waals surface area contributed by atoms with E-state index in [0.29, 0.717) is 35.4 Å². The Bertz CT molecular complexity index is 1720. The van der Waals surface area contributed by atoms with Crippen LogP contribution < -0.4 is 18.9 Å². The maximum absolute atomic E-state index is 13.6. The van der Waals surface area contributed by atoms with E-state index in [1.54, 1.807) is 41.0 Å². The van der Waals surface area contributed by atoms with E-state index in [2.05, 4.69) is 34.6 Å². The zero-order chi connectivity index (χ0) is 29.1. The first kappa shape index (κ1) is 28.2. The van der Waals surface area contributed by atoms with Gasteiger partial charge in [-0.05, 0) is 25.1 Å². The van der Waals surface area contributed by atoms with Gasteiger partial charge in [-0.25, -0.2) is 39.0 Å². The number of hydrogen-bond acceptors (Lipinski definition) is 11. The second-order valence-corrected chi connectivity index (χ2v) is 9.23. The Kier molecular flexibility index (Phi) is 8.30. The number of halogens is 2. The molecular weight excluding hydrogens is 579 g/mol. The summed E-state index contributed by atoms with van der Waals surface area (Å²) in [5, 5.41) is -0.187. The molecule has 0 aliphatic heterocycles. The van der Waals surface area contributed by atoms with Gasteiger partial charge >= 0.3 is 0 Å². The SMILES string of the molecule is CCOc1cccc(-c2nc3nc(Cl)c(C(NS(=O)[O-])c4ncc(F)cn4)nc3n2-c2c(OC)cccc2OC)n1. The van der Waals surface area contributed by atoms with Gasteiger partial charge in [-0.3, -0.25) is 8.78 Å². The second-order valence-electron chi connectivity index (χ2n) is 8.17. The van der Waals surface area contributed by atoms with Crippen LogP contribution in [0.5, 0.6) is 17.4 Å². The van der Waals surface area contributed by atoms with Crippen LogP contribution in [0.25, 0.3) is 28.5 Å². The topological polar surface area (TPSA) is 162 Å². The maximum Gasteiger partial charge on any atom is 0.213 e. The number of nitrogens with one attached hydrogen (secondary N) is 1. The number of aromatic nitrogens is 7. The lowest BCUT2D eigenvalue weighted by Gasteiger charge is -2.19. The van der Waals surface area contributed by atoms with Gasteiger partial charge in [0.1, 0.15) is 34.6 Å². The number of methoxy groups -OCH3 is 2. The van der Waals surface area contributed by atoms with Crippen LogP contribution in [0.4, 0.5) is 4.39 Å². The van der Waals surface area contributed by atoms with Crippen LogP contribution in [0.1, 0.15) is 24.5 Å². The van der Waals surface area contributed by atoms with Gasteiger partial charge in [0.05, 0.1) is 33.2 Å². The molecule has 0 spiro atoms. The van der Waals surface area contributed by atoms with Gasteiger partial charge in [-0.15, -0.1) is 0 Å². The molecule has 4 aromatic heterocycles. The zero-order valence-electron chi connectivity index (χ0n) is 21.7. The minimum atomic E-state index is -2.81. The standard InChI is InChI=1S/C25H22ClFN8O5S/c1-4-40-17-10-5-7-14(30-17)24-33-23-25(35(24)20-15(38-2)8-6-9-16(20)39-3)31-18(21(26)32-23)19(34-41(36)37)22-28-11-13(27)12-29-22/h5-12,19,34H,4H2,1-3H3,(H,36,37)/p-1. The summed E-state index contributed by atoms with van der Waals surface area (Å²) in [6.07, 6.45) is 1.79. The minimum absolute atomic E-state index is 0.0624. The highest BCUT2D eigenvalue weighted by molar-refractivity contribution is 7.77. The first-order valence-corrected chi connectivity index (χ1v) is 13.4. The third-order valence-electron chi connectivity index (χ3n) is 5.73. The molecular formula is C25H21ClFN8O5S-. The average Bonchev–Trinajstić information content (AvgIpc) is 3.33. The number of rotatable bonds is 10. The van der Waals surface area contributed by atoms with E-state index < -0.39 is 23.1 Å². The highest BCUT2D eigenvalue weighted by atomic mass is 35.5. The molecule has 0 saturated heterocycles. The predicted octanol–water partition coefficient (Wildman–Crippen LogP) is 3.35. The maximum atomic E-state index is 13.6. The van der Waals surface area contributed by atoms with E-state index in [0.717, 1.165) is 12.4 Å². The Hall–Kier alpha value is -4.31. The van der Waals surface area contributed by atoms with Crippen molar-refractivity contribution in [1.29, 1.82) is 0 Å². The number of fused-ring (bicyclic) bond motifs is 1. The van der Waals surface area contributed by atoms with E-state index in [1.807, 2.05) is 6.92 Å². The van der Waals surface area contributed by atoms with Crippen LogP contribution in [0.2, 0.25) is 5.15 Å². The summed E-state index contributed by atoms with van der Waals surface area (Å²) >= 11 is 3.71. The molecule has 0 saturated carbocycles. The van der Waals surface area contributed by atoms with E-state index in [-0.39, 0.29) is 33.8 Å². The van der Waals surface area contributed by atoms with Crippen molar-refractivity contribution in [3.8, 4) is 34.6 Å². The first-order valence-electron chi connectivity index (χ1n) is 11.9. The summed E-state index contributed by atoms with van der Waals surface area (Å²) in [4.78, 5) is 26.2. The van der Waals surface area contributed by atoms with E-state index in [9.17, 15) is 13.2 Å². The monoisotopic (exact) mass is 599 g/mol. The van der Waals surface area contributed by atoms with Gasteiger partial charge in [0.25, 0.3) is 0 Å². The molecule has 2 unspecified atom stereocenters. The predicted molar refractivity (Wildman–Crippen MR) is 145 cm³/mol. The molecule has 5 aromatic rings. The van der Waals surface area contributed by atoms with Crippen molar-refractivity contribution in [2.75, 3.05) is 20.8 Å². The molecule has 0 bridgehead atoms. The molecule has 0 aliphatic rings. The molecule has 4 heterocycles. The Morgan fingerprint density at radius 3 is 2.37 bits per heavy atom. The van der Waals surface area contributed by atoms with Crippen molar-refractivity contribution in [3.05, 3.63) is 71.3 Å². The first-order chi connectivity index (χ1) is 19.8. The number of para-hydroxylation sites is 1. The number of hydrogen-bond donors (Lipinski definition) is 1. The van der Waals surface area contributed by atoms with Crippen LogP contribution in [-0.2, 0) is 11.3 Å². The molecule has 41 heavy (non-hydrogen) atoms. The molecule has 0 fully saturated rings. The summed E-state index contributed by atoms with van der Waals surface area (Å²) in [5.74, 6) is 0.635. The lowest BCUT2D eigenvalue weighted by molar-refractivity contribution is 0.327. The van der Waals surface area contributed by atoms with Crippen LogP contribution >= 0.6 is 11.6 Å². The van der Waals surface area contributed by atoms with Crippen LogP contribution in [0, 0.1) is 5.82 Å². The summed E-state index contributed by atoms with van der Waals surface area (Å²) in [5.41, 5.74) is 1.01. The van der Waals surface area contributed by atoms with Crippen molar-refractivity contribution < 1.29 is 27.4 Å². The van der Waals surface area contributed by atoms with Crippen molar-refractivity contribution >= 4 is 34.2 Å². The zero-order valence-corrected chi connectivity index (χ0v) is 23.3. The molecule has 13 nitrogen and oxygen atoms in total. The number of benzene rings is 1. The van der Waals surface area contributed by atoms with Gasteiger partial charge in [0.15, 0.2) is 33.9 Å². The molecule has 1 aromatic carbocycles. The van der Waals surface area contributed by atoms with Crippen LogP contribution in [0.3, 0.4) is 0 Å². The number of imidazole rings is 1. The lowest BCUT2D eigenvalue weighted by atomic mass is 10.2. The Morgan fingerprint density at radius 1 is 1.05 bits per heavy atom. The summed E-state index contributed by atoms with van der Waals surface area (Å²) < 4.78 is 57.8. The number of nitrogens with zero attached hydrogens (tertiary/aromatic N) is 7. The molecule has 16 heteroatoms. The summed E-state index contributed by atoms with van der Waals surface area (Å²) in [7, 11) is 2.99. The molecule has 2 atom stereocenters. The van der Waals surface area contributed by atoms with Crippen LogP contribution in [0.15, 0.2) is 48.8 Å². The van der Waals surface area contributed by atoms with Gasteiger partial charge < -0.3 is 18.8 Å². The van der Waals surface area contributed by atoms with E-state index in [4.69, 9.17) is 25.8 Å². The molecule has 212 valence electrons. The third-order valence-corrected chi connectivity index (χ3v) is 6.44. The van der Waals surface area contributed by atoms with Crippen molar-refractivity contribution in [1.82, 2.24) is 39.2 Å². The largest absolute Gasteiger partial charge is 0.760 e. The fourth-order valence-corrected chi connectivity index (χ4v) is 4.71. The van der Waals surface area contributed by atoms with E-state index >= 15 is 0 Å². The van der Waals surface area contributed by atoms with Gasteiger partial charge in [-0.2, -0.15) is 0 Å². The smallest absolute Gasteiger partial charge is 0.213 e. The van der Waals surface area contributed by atoms with Gasteiger partial charge in [0.2, 0.25) is 5.88 Å². The molecule has 0 amide bonds. The fourth-order valence-electron chi connectivity index (χ4n) is 4.07. The molecule has 1 N–H and O–H groups in total. The summed E-state index contributed by atoms with van der Waals surface area (Å²) in [6, 6.07) is 9.06. The number of ether oxygens (including phenoxy) is 3. The highest BCUT2D eigenvalue weighted by Gasteiger charge is 2.28. The fraction of sp³-hybridized carbons (Fsp3) is 0.200. The molecule has 0 aliphatic carbocycles. The summed E-state index contributed by atoms with van der Waals surface area (Å²) in [6.45, 7) is 2.24. The van der Waals surface area contributed by atoms with Crippen molar-refractivity contribution in [2.45, 2.75) is 13.0 Å². The Labute approximate surface area is 240 Å². The average molecular weight is 600 g/mol. The number of pyridine rings is 1. The Morgan fingerprint density at radius 2 is 1.73 bits per heavy atom. The normalized spacial score (nSPS) is 12.7. The molecule has 5 rings (SSSR count). The van der Waals surface area contributed by atoms with Gasteiger partial charge in [0, 0.05) is 17.3 Å². The van der Waals surface area contributed by atoms with Gasteiger partial charge in [-0.1, -0.05) is 23.7 Å². The second kappa shape index (κ2) is 12.1. The van der Waals surface area contributed by atoms with Crippen molar-refractivity contribution in [3.63, 3.8) is 0 Å². The van der Waals surface area contributed by atoms with Crippen LogP contribution in [-0.4, -0.2) is 64.1 Å². The molecule has 0 radical (unpaired) electrons. The minimum Gasteiger partial charge on any atom is -0.760 e. The van der Waals surface area contributed by atoms with Crippen molar-refractivity contribution in [2.24, 2.45) is 0 Å². The third kappa shape index (κ3) is 5.65. The lowest BCUT2D eigenvalue weighted by Crippen LogP contribution is -2.27. The van der Waals surface area contributed by atoms with E-state index in [1.165, 1.54) is 14.2 Å².